The van der Waals surface area contributed by atoms with Crippen molar-refractivity contribution in [1.82, 2.24) is 4.90 Å². The van der Waals surface area contributed by atoms with Gasteiger partial charge in [0.15, 0.2) is 5.76 Å². The minimum absolute atomic E-state index is 0.0822. The van der Waals surface area contributed by atoms with Crippen molar-refractivity contribution < 1.29 is 14.3 Å². The molecule has 4 nitrogen and oxygen atoms in total. The monoisotopic (exact) mass is 263 g/mol. The van der Waals surface area contributed by atoms with Crippen LogP contribution in [0, 0.1) is 0 Å². The lowest BCUT2D eigenvalue weighted by Crippen LogP contribution is -2.28. The molecule has 2 rings (SSSR count). The van der Waals surface area contributed by atoms with E-state index in [9.17, 15) is 9.59 Å². The Hall–Kier alpha value is -1.75. The van der Waals surface area contributed by atoms with Crippen molar-refractivity contribution in [2.45, 2.75) is 11.8 Å². The van der Waals surface area contributed by atoms with Crippen LogP contribution in [0.15, 0.2) is 34.9 Å². The van der Waals surface area contributed by atoms with E-state index >= 15 is 0 Å². The first-order valence-electron chi connectivity index (χ1n) is 5.55. The summed E-state index contributed by atoms with van der Waals surface area (Å²) in [6, 6.07) is 7.68. The fraction of sp³-hybridized carbons (Fsp3) is 0.231. The smallest absolute Gasteiger partial charge is 0.404 e. The van der Waals surface area contributed by atoms with Gasteiger partial charge in [-0.25, -0.2) is 9.69 Å². The van der Waals surface area contributed by atoms with Crippen molar-refractivity contribution in [2.24, 2.45) is 0 Å². The zero-order valence-corrected chi connectivity index (χ0v) is 11.0. The number of hydrogen-bond donors (Lipinski definition) is 0. The zero-order valence-electron chi connectivity index (χ0n) is 10.2. The van der Waals surface area contributed by atoms with Gasteiger partial charge < -0.3 is 4.74 Å². The van der Waals surface area contributed by atoms with Gasteiger partial charge >= 0.3 is 6.09 Å². The lowest BCUT2D eigenvalue weighted by molar-refractivity contribution is -0.123. The van der Waals surface area contributed by atoms with Gasteiger partial charge in [0.1, 0.15) is 0 Å². The minimum Gasteiger partial charge on any atom is -0.404 e. The quantitative estimate of drug-likeness (QED) is 0.621. The first kappa shape index (κ1) is 12.7. The summed E-state index contributed by atoms with van der Waals surface area (Å²) >= 11 is 1.64. The summed E-state index contributed by atoms with van der Waals surface area (Å²) in [5.41, 5.74) is 0.835. The lowest BCUT2D eigenvalue weighted by Gasteiger charge is -2.03. The second-order valence-electron chi connectivity index (χ2n) is 3.70. The third-order valence-electron chi connectivity index (χ3n) is 2.60. The Morgan fingerprint density at radius 1 is 1.28 bits per heavy atom. The molecule has 0 bridgehead atoms. The Balaban J connectivity index is 2.23. The molecule has 1 saturated heterocycles. The number of amides is 2. The molecule has 1 aliphatic heterocycles. The first-order chi connectivity index (χ1) is 8.65. The normalized spacial score (nSPS) is 17.4. The molecule has 18 heavy (non-hydrogen) atoms. The van der Waals surface area contributed by atoms with E-state index in [1.54, 1.807) is 24.8 Å². The Bertz CT molecular complexity index is 507. The van der Waals surface area contributed by atoms with E-state index < -0.39 is 6.09 Å². The highest BCUT2D eigenvalue weighted by molar-refractivity contribution is 7.98. The number of cyclic esters (lactones) is 1. The summed E-state index contributed by atoms with van der Waals surface area (Å²) in [6.45, 7) is 2.05. The van der Waals surface area contributed by atoms with Gasteiger partial charge in [0.2, 0.25) is 0 Å². The van der Waals surface area contributed by atoms with Crippen molar-refractivity contribution in [2.75, 3.05) is 12.8 Å². The number of nitrogens with zero attached hydrogens (tertiary/aromatic N) is 1. The lowest BCUT2D eigenvalue weighted by atomic mass is 10.2. The number of thioether (sulfide) groups is 1. The number of rotatable bonds is 3. The van der Waals surface area contributed by atoms with Crippen LogP contribution in [0.3, 0.4) is 0 Å². The molecule has 94 valence electrons. The van der Waals surface area contributed by atoms with Crippen LogP contribution in [-0.4, -0.2) is 29.7 Å². The molecule has 0 aromatic heterocycles. The fourth-order valence-corrected chi connectivity index (χ4v) is 2.03. The molecular weight excluding hydrogens is 250 g/mol. The van der Waals surface area contributed by atoms with Crippen LogP contribution in [0.2, 0.25) is 0 Å². The van der Waals surface area contributed by atoms with Gasteiger partial charge in [0, 0.05) is 11.4 Å². The number of ether oxygens (including phenoxy) is 1. The molecular formula is C13H13NO3S. The van der Waals surface area contributed by atoms with Crippen LogP contribution in [0.5, 0.6) is 0 Å². The van der Waals surface area contributed by atoms with E-state index in [0.29, 0.717) is 6.54 Å². The molecule has 0 atom stereocenters. The van der Waals surface area contributed by atoms with Crippen LogP contribution in [0.25, 0.3) is 6.08 Å². The van der Waals surface area contributed by atoms with E-state index in [2.05, 4.69) is 0 Å². The number of likely N-dealkylation sites (N-methyl/N-ethyl adjacent to an activating group) is 1. The SMILES string of the molecule is CCN1C(=O)O/C(=C/c2ccc(SC)cc2)C1=O. The van der Waals surface area contributed by atoms with Gasteiger partial charge in [0.25, 0.3) is 5.91 Å². The summed E-state index contributed by atoms with van der Waals surface area (Å²) in [7, 11) is 0. The molecule has 0 saturated carbocycles. The summed E-state index contributed by atoms with van der Waals surface area (Å²) in [4.78, 5) is 25.3. The fourth-order valence-electron chi connectivity index (χ4n) is 1.62. The third kappa shape index (κ3) is 2.41. The first-order valence-corrected chi connectivity index (χ1v) is 6.77. The second kappa shape index (κ2) is 5.27. The third-order valence-corrected chi connectivity index (χ3v) is 3.35. The van der Waals surface area contributed by atoms with Crippen LogP contribution in [-0.2, 0) is 9.53 Å². The largest absolute Gasteiger partial charge is 0.422 e. The number of carbonyl (C=O) groups is 2. The molecule has 0 radical (unpaired) electrons. The molecule has 0 aliphatic carbocycles. The summed E-state index contributed by atoms with van der Waals surface area (Å²) in [5.74, 6) is -0.296. The molecule has 5 heteroatoms. The standard InChI is InChI=1S/C13H13NO3S/c1-3-14-12(15)11(17-13(14)16)8-9-4-6-10(18-2)7-5-9/h4-8H,3H2,1-2H3/b11-8+. The molecule has 1 aromatic carbocycles. The van der Waals surface area contributed by atoms with Crippen LogP contribution >= 0.6 is 11.8 Å². The molecule has 0 spiro atoms. The Morgan fingerprint density at radius 3 is 2.44 bits per heavy atom. The summed E-state index contributed by atoms with van der Waals surface area (Å²) < 4.78 is 4.93. The van der Waals surface area contributed by atoms with E-state index in [1.807, 2.05) is 30.5 Å². The second-order valence-corrected chi connectivity index (χ2v) is 4.58. The maximum atomic E-state index is 11.8. The van der Waals surface area contributed by atoms with Gasteiger partial charge in [-0.1, -0.05) is 12.1 Å². The van der Waals surface area contributed by atoms with Crippen molar-refractivity contribution in [1.29, 1.82) is 0 Å². The molecule has 1 fully saturated rings. The molecule has 2 amide bonds. The van der Waals surface area contributed by atoms with E-state index in [0.717, 1.165) is 15.4 Å². The zero-order chi connectivity index (χ0) is 13.1. The summed E-state index contributed by atoms with van der Waals surface area (Å²) in [5, 5.41) is 0. The van der Waals surface area contributed by atoms with Crippen LogP contribution in [0.4, 0.5) is 4.79 Å². The topological polar surface area (TPSA) is 46.6 Å². The van der Waals surface area contributed by atoms with Crippen molar-refractivity contribution in [3.8, 4) is 0 Å². The van der Waals surface area contributed by atoms with E-state index in [4.69, 9.17) is 4.74 Å². The predicted molar refractivity (Wildman–Crippen MR) is 70.1 cm³/mol. The molecule has 0 N–H and O–H groups in total. The molecule has 1 aliphatic rings. The number of hydrogen-bond acceptors (Lipinski definition) is 4. The Morgan fingerprint density at radius 2 is 1.94 bits per heavy atom. The molecule has 1 heterocycles. The highest BCUT2D eigenvalue weighted by atomic mass is 32.2. The maximum absolute atomic E-state index is 11.8. The number of imide groups is 1. The molecule has 0 unspecified atom stereocenters. The minimum atomic E-state index is -0.602. The van der Waals surface area contributed by atoms with Gasteiger partial charge in [-0.2, -0.15) is 0 Å². The Labute approximate surface area is 110 Å². The Kier molecular flexibility index (Phi) is 3.72. The predicted octanol–water partition coefficient (Wildman–Crippen LogP) is 2.75. The number of benzene rings is 1. The maximum Gasteiger partial charge on any atom is 0.422 e. The van der Waals surface area contributed by atoms with Gasteiger partial charge in [-0.15, -0.1) is 11.8 Å². The van der Waals surface area contributed by atoms with E-state index in [1.165, 1.54) is 0 Å². The van der Waals surface area contributed by atoms with Crippen LogP contribution in [0.1, 0.15) is 12.5 Å². The number of carbonyl (C=O) groups excluding carboxylic acids is 2. The van der Waals surface area contributed by atoms with Crippen molar-refractivity contribution in [3.63, 3.8) is 0 Å². The van der Waals surface area contributed by atoms with Crippen LogP contribution < -0.4 is 0 Å². The highest BCUT2D eigenvalue weighted by Gasteiger charge is 2.34. The van der Waals surface area contributed by atoms with Crippen molar-refractivity contribution >= 4 is 29.8 Å². The highest BCUT2D eigenvalue weighted by Crippen LogP contribution is 2.21. The average molecular weight is 263 g/mol. The summed E-state index contributed by atoms with van der Waals surface area (Å²) in [6.07, 6.45) is 2.98. The van der Waals surface area contributed by atoms with Gasteiger partial charge in [-0.05, 0) is 37.0 Å². The van der Waals surface area contributed by atoms with Gasteiger partial charge in [0.05, 0.1) is 0 Å². The van der Waals surface area contributed by atoms with Crippen molar-refractivity contribution in [3.05, 3.63) is 35.6 Å². The molecule has 1 aromatic rings. The van der Waals surface area contributed by atoms with E-state index in [-0.39, 0.29) is 11.7 Å². The van der Waals surface area contributed by atoms with Gasteiger partial charge in [-0.3, -0.25) is 4.79 Å². The average Bonchev–Trinajstić information content (AvgIpc) is 2.65.